The number of piperazine rings is 1. The van der Waals surface area contributed by atoms with Crippen LogP contribution in [0.5, 0.6) is 0 Å². The summed E-state index contributed by atoms with van der Waals surface area (Å²) in [6.07, 6.45) is 12.8. The number of amides is 2. The van der Waals surface area contributed by atoms with Crippen LogP contribution >= 0.6 is 12.2 Å². The topological polar surface area (TPSA) is 56.2 Å². The number of carbonyl (C=O) groups excluding carboxylic acids is 2. The zero-order valence-corrected chi connectivity index (χ0v) is 18.0. The molecular weight excluding hydrogens is 384 g/mol. The van der Waals surface area contributed by atoms with E-state index in [1.54, 1.807) is 23.1 Å². The van der Waals surface area contributed by atoms with Gasteiger partial charge in [0.1, 0.15) is 0 Å². The Morgan fingerprint density at radius 2 is 1.90 bits per heavy atom. The molecule has 1 saturated carbocycles. The molecular formula is C22H30N4O2S. The molecule has 0 aromatic carbocycles. The lowest BCUT2D eigenvalue weighted by Gasteiger charge is -2.41. The Morgan fingerprint density at radius 1 is 1.17 bits per heavy atom. The summed E-state index contributed by atoms with van der Waals surface area (Å²) in [5, 5.41) is 0.308. The maximum absolute atomic E-state index is 13.0. The minimum absolute atomic E-state index is 0.0278. The van der Waals surface area contributed by atoms with Gasteiger partial charge < -0.3 is 4.90 Å². The molecule has 0 spiro atoms. The molecule has 2 fully saturated rings. The van der Waals surface area contributed by atoms with Crippen molar-refractivity contribution in [3.8, 4) is 0 Å². The molecule has 156 valence electrons. The number of nitrogens with zero attached hydrogens (tertiary/aromatic N) is 4. The molecule has 2 aliphatic heterocycles. The van der Waals surface area contributed by atoms with E-state index >= 15 is 0 Å². The van der Waals surface area contributed by atoms with Crippen molar-refractivity contribution in [1.29, 1.82) is 0 Å². The zero-order chi connectivity index (χ0) is 20.4. The van der Waals surface area contributed by atoms with Gasteiger partial charge in [0, 0.05) is 44.3 Å². The first-order valence-corrected chi connectivity index (χ1v) is 11.4. The van der Waals surface area contributed by atoms with E-state index in [-0.39, 0.29) is 11.8 Å². The van der Waals surface area contributed by atoms with Crippen molar-refractivity contribution in [3.05, 3.63) is 23.8 Å². The first-order valence-electron chi connectivity index (χ1n) is 11.0. The smallest absolute Gasteiger partial charge is 0.253 e. The third kappa shape index (κ3) is 4.21. The summed E-state index contributed by atoms with van der Waals surface area (Å²) >= 11 is 5.31. The van der Waals surface area contributed by atoms with E-state index in [1.165, 1.54) is 32.1 Å². The molecule has 0 radical (unpaired) electrons. The monoisotopic (exact) mass is 414 g/mol. The summed E-state index contributed by atoms with van der Waals surface area (Å²) in [5.41, 5.74) is 1.20. The molecule has 29 heavy (non-hydrogen) atoms. The second-order valence-electron chi connectivity index (χ2n) is 8.37. The van der Waals surface area contributed by atoms with Crippen molar-refractivity contribution in [2.45, 2.75) is 51.5 Å². The van der Waals surface area contributed by atoms with Gasteiger partial charge in [0.05, 0.1) is 11.6 Å². The van der Waals surface area contributed by atoms with Crippen LogP contribution in [0.2, 0.25) is 0 Å². The number of allylic oxidation sites excluding steroid dienone is 1. The summed E-state index contributed by atoms with van der Waals surface area (Å²) in [5.74, 6) is -0.435. The van der Waals surface area contributed by atoms with Crippen molar-refractivity contribution >= 4 is 34.9 Å². The van der Waals surface area contributed by atoms with Gasteiger partial charge in [-0.3, -0.25) is 19.4 Å². The second-order valence-corrected chi connectivity index (χ2v) is 8.73. The third-order valence-electron chi connectivity index (χ3n) is 6.46. The van der Waals surface area contributed by atoms with Gasteiger partial charge in [-0.05, 0) is 37.6 Å². The lowest BCUT2D eigenvalue weighted by Crippen LogP contribution is -2.52. The van der Waals surface area contributed by atoms with Gasteiger partial charge in [-0.25, -0.2) is 4.99 Å². The third-order valence-corrected chi connectivity index (χ3v) is 6.78. The highest BCUT2D eigenvalue weighted by atomic mass is 32.1. The lowest BCUT2D eigenvalue weighted by molar-refractivity contribution is -0.130. The summed E-state index contributed by atoms with van der Waals surface area (Å²) in [6, 6.07) is 0.699. The number of hydrogen-bond acceptors (Lipinski definition) is 4. The van der Waals surface area contributed by atoms with Crippen LogP contribution in [0.1, 0.15) is 45.4 Å². The summed E-state index contributed by atoms with van der Waals surface area (Å²) in [6.45, 7) is 6.02. The van der Waals surface area contributed by atoms with Crippen LogP contribution in [-0.4, -0.2) is 76.1 Å². The van der Waals surface area contributed by atoms with E-state index in [0.29, 0.717) is 29.0 Å². The maximum Gasteiger partial charge on any atom is 0.253 e. The van der Waals surface area contributed by atoms with Crippen LogP contribution < -0.4 is 0 Å². The minimum atomic E-state index is -0.423. The summed E-state index contributed by atoms with van der Waals surface area (Å²) in [4.78, 5) is 36.3. The fourth-order valence-electron chi connectivity index (χ4n) is 4.82. The van der Waals surface area contributed by atoms with Gasteiger partial charge in [-0.2, -0.15) is 0 Å². The Kier molecular flexibility index (Phi) is 6.25. The molecule has 2 amide bonds. The number of fused-ring (bicyclic) bond motifs is 1. The Labute approximate surface area is 178 Å². The Balaban J connectivity index is 1.40. The van der Waals surface area contributed by atoms with Gasteiger partial charge in [0.2, 0.25) is 11.0 Å². The highest BCUT2D eigenvalue weighted by Crippen LogP contribution is 2.26. The van der Waals surface area contributed by atoms with Crippen LogP contribution in [-0.2, 0) is 9.59 Å². The molecule has 7 heteroatoms. The van der Waals surface area contributed by atoms with E-state index < -0.39 is 5.92 Å². The normalized spacial score (nSPS) is 26.3. The molecule has 1 unspecified atom stereocenters. The van der Waals surface area contributed by atoms with Crippen LogP contribution in [0, 0.1) is 5.92 Å². The fourth-order valence-corrected chi connectivity index (χ4v) is 5.11. The predicted octanol–water partition coefficient (Wildman–Crippen LogP) is 2.55. The maximum atomic E-state index is 13.0. The van der Waals surface area contributed by atoms with Crippen LogP contribution in [0.15, 0.2) is 28.8 Å². The standard InChI is InChI=1S/C22H30N4O2S/c1-2-10-26-21(28)18-9-8-16(15-19(18)23-22(26)29)20(27)25-13-11-24(12-14-25)17-6-4-3-5-7-17/h8-9,15,17-18H,2-7,10-14H2,1H3. The van der Waals surface area contributed by atoms with E-state index in [4.69, 9.17) is 12.2 Å². The predicted molar refractivity (Wildman–Crippen MR) is 118 cm³/mol. The van der Waals surface area contributed by atoms with Crippen LogP contribution in [0.4, 0.5) is 0 Å². The number of carbonyl (C=O) groups is 2. The van der Waals surface area contributed by atoms with Crippen LogP contribution in [0.25, 0.3) is 0 Å². The molecule has 4 rings (SSSR count). The lowest BCUT2D eigenvalue weighted by atomic mass is 9.91. The molecule has 0 N–H and O–H groups in total. The zero-order valence-electron chi connectivity index (χ0n) is 17.2. The Morgan fingerprint density at radius 3 is 2.59 bits per heavy atom. The molecule has 4 aliphatic rings. The Bertz CT molecular complexity index is 774. The number of aliphatic imine (C=N–C) groups is 1. The van der Waals surface area contributed by atoms with Crippen molar-refractivity contribution < 1.29 is 9.59 Å². The van der Waals surface area contributed by atoms with E-state index in [1.807, 2.05) is 11.8 Å². The number of hydrogen-bond donors (Lipinski definition) is 0. The van der Waals surface area contributed by atoms with E-state index in [2.05, 4.69) is 9.89 Å². The first-order chi connectivity index (χ1) is 14.1. The summed E-state index contributed by atoms with van der Waals surface area (Å²) in [7, 11) is 0. The molecule has 0 aromatic rings. The summed E-state index contributed by atoms with van der Waals surface area (Å²) < 4.78 is 0. The minimum Gasteiger partial charge on any atom is -0.336 e. The van der Waals surface area contributed by atoms with Gasteiger partial charge in [0.25, 0.3) is 5.91 Å². The largest absolute Gasteiger partial charge is 0.336 e. The van der Waals surface area contributed by atoms with Crippen molar-refractivity contribution in [2.24, 2.45) is 10.9 Å². The molecule has 2 aliphatic carbocycles. The van der Waals surface area contributed by atoms with Gasteiger partial charge in [-0.15, -0.1) is 0 Å². The first kappa shape index (κ1) is 20.4. The molecule has 2 heterocycles. The van der Waals surface area contributed by atoms with Gasteiger partial charge in [-0.1, -0.05) is 38.3 Å². The molecule has 1 saturated heterocycles. The quantitative estimate of drug-likeness (QED) is 0.664. The molecule has 1 atom stereocenters. The van der Waals surface area contributed by atoms with Crippen molar-refractivity contribution in [3.63, 3.8) is 0 Å². The van der Waals surface area contributed by atoms with Crippen molar-refractivity contribution in [2.75, 3.05) is 32.7 Å². The van der Waals surface area contributed by atoms with Gasteiger partial charge >= 0.3 is 0 Å². The average molecular weight is 415 g/mol. The number of rotatable bonds is 4. The SMILES string of the molecule is CCCN1C(=O)C2C=CC(C(=O)N3CCN(C4CCCCC4)CC3)=CC2=NC1=S. The molecule has 0 aromatic heterocycles. The van der Waals surface area contributed by atoms with Gasteiger partial charge in [0.15, 0.2) is 0 Å². The number of thiocarbonyl (C=S) groups is 1. The molecule has 6 nitrogen and oxygen atoms in total. The Hall–Kier alpha value is -1.86. The second kappa shape index (κ2) is 8.88. The highest BCUT2D eigenvalue weighted by molar-refractivity contribution is 7.80. The molecule has 0 bridgehead atoms. The highest BCUT2D eigenvalue weighted by Gasteiger charge is 2.35. The van der Waals surface area contributed by atoms with Crippen LogP contribution in [0.3, 0.4) is 0 Å². The van der Waals surface area contributed by atoms with Crippen molar-refractivity contribution in [1.82, 2.24) is 14.7 Å². The van der Waals surface area contributed by atoms with E-state index in [9.17, 15) is 9.59 Å². The average Bonchev–Trinajstić information content (AvgIpc) is 2.76. The fraction of sp³-hybridized carbons (Fsp3) is 0.636. The van der Waals surface area contributed by atoms with E-state index in [0.717, 1.165) is 32.6 Å².